The minimum absolute atomic E-state index is 0.141. The zero-order valence-electron chi connectivity index (χ0n) is 22.3. The van der Waals surface area contributed by atoms with Gasteiger partial charge in [-0.2, -0.15) is 5.10 Å². The van der Waals surface area contributed by atoms with Gasteiger partial charge in [-0.15, -0.1) is 4.68 Å². The van der Waals surface area contributed by atoms with E-state index >= 15 is 4.39 Å². The van der Waals surface area contributed by atoms with Crippen molar-refractivity contribution in [2.75, 3.05) is 4.90 Å². The van der Waals surface area contributed by atoms with Crippen LogP contribution >= 0.6 is 0 Å². The number of nitrogens with zero attached hydrogens (tertiary/aromatic N) is 2. The molecule has 39 heavy (non-hydrogen) atoms. The lowest BCUT2D eigenvalue weighted by Gasteiger charge is -2.44. The van der Waals surface area contributed by atoms with Crippen molar-refractivity contribution in [1.82, 2.24) is 5.10 Å². The highest BCUT2D eigenvalue weighted by Gasteiger charge is 2.35. The van der Waals surface area contributed by atoms with Gasteiger partial charge in [0.1, 0.15) is 5.82 Å². The van der Waals surface area contributed by atoms with Crippen molar-refractivity contribution in [3.8, 4) is 11.1 Å². The van der Waals surface area contributed by atoms with Gasteiger partial charge in [0.05, 0.1) is 17.8 Å². The maximum atomic E-state index is 15.8. The third-order valence-corrected chi connectivity index (χ3v) is 8.04. The number of aromatic nitrogens is 2. The van der Waals surface area contributed by atoms with Crippen LogP contribution < -0.4 is 9.58 Å². The topological polar surface area (TPSA) is 60.2 Å². The minimum atomic E-state index is -1.06. The highest BCUT2D eigenvalue weighted by atomic mass is 19.1. The third kappa shape index (κ3) is 4.99. The van der Waals surface area contributed by atoms with E-state index in [1.54, 1.807) is 12.1 Å². The van der Waals surface area contributed by atoms with Gasteiger partial charge in [0.25, 0.3) is 0 Å². The summed E-state index contributed by atoms with van der Waals surface area (Å²) < 4.78 is 17.9. The first-order valence-corrected chi connectivity index (χ1v) is 13.7. The second kappa shape index (κ2) is 10.2. The number of anilines is 1. The lowest BCUT2D eigenvalue weighted by atomic mass is 9.83. The summed E-state index contributed by atoms with van der Waals surface area (Å²) in [5, 5.41) is 12.3. The van der Waals surface area contributed by atoms with Gasteiger partial charge >= 0.3 is 5.97 Å². The van der Waals surface area contributed by atoms with Crippen molar-refractivity contribution in [3.63, 3.8) is 0 Å². The molecular formula is C33H33FN3O2+. The average Bonchev–Trinajstić information content (AvgIpc) is 3.67. The molecule has 1 aromatic heterocycles. The number of rotatable bonds is 7. The van der Waals surface area contributed by atoms with Crippen LogP contribution in [0.3, 0.4) is 0 Å². The Morgan fingerprint density at radius 3 is 2.51 bits per heavy atom. The standard InChI is InChI=1S/C33H32FN3O2/c1-3-36-20-27(19-35-36)25-10-14-29-26(18-25)16-21(2)37(28-11-8-24(9-12-28)23-6-7-23)33(29)30-13-4-22(17-31(30)34)5-15-32(38)39/h4-5,8-15,17-21,23,33H,3,6-7,16H2,1-2H3,(H,38,39)/p+1/b15-5+. The van der Waals surface area contributed by atoms with Gasteiger partial charge in [0.15, 0.2) is 6.54 Å². The molecule has 1 aliphatic carbocycles. The molecule has 3 aromatic carbocycles. The largest absolute Gasteiger partial charge is 0.478 e. The maximum absolute atomic E-state index is 15.8. The van der Waals surface area contributed by atoms with Crippen molar-refractivity contribution in [2.24, 2.45) is 0 Å². The Hall–Kier alpha value is -4.19. The second-order valence-electron chi connectivity index (χ2n) is 10.7. The Morgan fingerprint density at radius 2 is 1.85 bits per heavy atom. The van der Waals surface area contributed by atoms with E-state index in [-0.39, 0.29) is 17.9 Å². The van der Waals surface area contributed by atoms with Gasteiger partial charge < -0.3 is 10.0 Å². The van der Waals surface area contributed by atoms with Crippen LogP contribution in [0.5, 0.6) is 0 Å². The molecule has 6 heteroatoms. The second-order valence-corrected chi connectivity index (χ2v) is 10.7. The predicted octanol–water partition coefficient (Wildman–Crippen LogP) is 6.64. The monoisotopic (exact) mass is 522 g/mol. The van der Waals surface area contributed by atoms with Crippen molar-refractivity contribution in [1.29, 1.82) is 0 Å². The summed E-state index contributed by atoms with van der Waals surface area (Å²) in [4.78, 5) is 13.3. The van der Waals surface area contributed by atoms with E-state index in [0.717, 1.165) is 41.4 Å². The smallest absolute Gasteiger partial charge is 0.328 e. The molecule has 2 atom stereocenters. The minimum Gasteiger partial charge on any atom is -0.478 e. The Balaban J connectivity index is 1.45. The first-order chi connectivity index (χ1) is 18.9. The maximum Gasteiger partial charge on any atom is 0.328 e. The Labute approximate surface area is 228 Å². The summed E-state index contributed by atoms with van der Waals surface area (Å²) in [6, 6.07) is 20.2. The molecule has 4 aromatic rings. The molecule has 2 unspecified atom stereocenters. The summed E-state index contributed by atoms with van der Waals surface area (Å²) in [6.45, 7) is 5.18. The molecule has 0 amide bonds. The SMILES string of the molecule is CC[n+]1cc(-c2ccc3c(c2)CC(C)N(c2ccc(C4CC4)cc2)C3c2ccc(/C=C/C(=O)O)cc2F)c[nH]1. The molecule has 0 spiro atoms. The molecule has 198 valence electrons. The van der Waals surface area contributed by atoms with Crippen LogP contribution in [0.15, 0.2) is 79.1 Å². The van der Waals surface area contributed by atoms with Crippen molar-refractivity contribution >= 4 is 17.7 Å². The van der Waals surface area contributed by atoms with Crippen molar-refractivity contribution < 1.29 is 19.0 Å². The van der Waals surface area contributed by atoms with E-state index in [0.29, 0.717) is 17.0 Å². The molecule has 2 heterocycles. The molecule has 5 nitrogen and oxygen atoms in total. The summed E-state index contributed by atoms with van der Waals surface area (Å²) in [5.74, 6) is -0.722. The number of benzene rings is 3. The summed E-state index contributed by atoms with van der Waals surface area (Å²) in [7, 11) is 0. The fourth-order valence-electron chi connectivity index (χ4n) is 5.88. The molecule has 1 saturated carbocycles. The number of carbonyl (C=O) groups is 1. The van der Waals surface area contributed by atoms with Crippen molar-refractivity contribution in [3.05, 3.63) is 113 Å². The van der Waals surface area contributed by atoms with Crippen LogP contribution in [-0.2, 0) is 17.8 Å². The fourth-order valence-corrected chi connectivity index (χ4v) is 5.88. The molecule has 0 saturated heterocycles. The van der Waals surface area contributed by atoms with E-state index in [2.05, 4.69) is 72.5 Å². The third-order valence-electron chi connectivity index (χ3n) is 8.04. The first kappa shape index (κ1) is 25.1. The number of fused-ring (bicyclic) bond motifs is 1. The van der Waals surface area contributed by atoms with Gasteiger partial charge in [0.2, 0.25) is 6.20 Å². The number of aliphatic carboxylic acids is 1. The molecule has 1 aliphatic heterocycles. The van der Waals surface area contributed by atoms with E-state index in [9.17, 15) is 4.79 Å². The summed E-state index contributed by atoms with van der Waals surface area (Å²) in [6.07, 6.45) is 9.95. The highest BCUT2D eigenvalue weighted by Crippen LogP contribution is 2.45. The van der Waals surface area contributed by atoms with Gasteiger partial charge in [0, 0.05) is 23.4 Å². The van der Waals surface area contributed by atoms with Gasteiger partial charge in [-0.1, -0.05) is 42.5 Å². The lowest BCUT2D eigenvalue weighted by molar-refractivity contribution is -0.746. The zero-order valence-corrected chi connectivity index (χ0v) is 22.3. The quantitative estimate of drug-likeness (QED) is 0.211. The number of halogens is 1. The number of aromatic amines is 1. The van der Waals surface area contributed by atoms with Crippen LogP contribution in [0.2, 0.25) is 0 Å². The van der Waals surface area contributed by atoms with Crippen LogP contribution in [-0.4, -0.2) is 22.2 Å². The van der Waals surface area contributed by atoms with E-state index < -0.39 is 5.97 Å². The van der Waals surface area contributed by atoms with Crippen LogP contribution in [0, 0.1) is 5.82 Å². The fraction of sp³-hybridized carbons (Fsp3) is 0.273. The van der Waals surface area contributed by atoms with Crippen LogP contribution in [0.4, 0.5) is 10.1 Å². The molecule has 0 radical (unpaired) electrons. The first-order valence-electron chi connectivity index (χ1n) is 13.7. The average molecular weight is 523 g/mol. The number of H-pyrrole nitrogens is 1. The number of aryl methyl sites for hydroxylation is 1. The van der Waals surface area contributed by atoms with Gasteiger partial charge in [-0.05, 0) is 91.1 Å². The number of hydrogen-bond acceptors (Lipinski definition) is 2. The molecule has 0 bridgehead atoms. The van der Waals surface area contributed by atoms with E-state index in [1.807, 2.05) is 10.9 Å². The molecule has 2 N–H and O–H groups in total. The predicted molar refractivity (Wildman–Crippen MR) is 151 cm³/mol. The van der Waals surface area contributed by atoms with Gasteiger partial charge in [-0.25, -0.2) is 9.18 Å². The molecule has 6 rings (SSSR count). The number of hydrogen-bond donors (Lipinski definition) is 2. The summed E-state index contributed by atoms with van der Waals surface area (Å²) >= 11 is 0. The van der Waals surface area contributed by atoms with Crippen molar-refractivity contribution in [2.45, 2.75) is 57.7 Å². The number of nitrogens with one attached hydrogen (secondary N) is 1. The van der Waals surface area contributed by atoms with E-state index in [1.165, 1.54) is 36.1 Å². The normalized spacial score (nSPS) is 18.9. The highest BCUT2D eigenvalue weighted by molar-refractivity contribution is 5.85. The molecule has 2 aliphatic rings. The Kier molecular flexibility index (Phi) is 6.55. The van der Waals surface area contributed by atoms with Crippen LogP contribution in [0.25, 0.3) is 17.2 Å². The zero-order chi connectivity index (χ0) is 27.1. The van der Waals surface area contributed by atoms with Gasteiger partial charge in [-0.3, -0.25) is 0 Å². The number of carboxylic acids is 1. The van der Waals surface area contributed by atoms with Crippen LogP contribution in [0.1, 0.15) is 66.5 Å². The lowest BCUT2D eigenvalue weighted by Crippen LogP contribution is -2.43. The Morgan fingerprint density at radius 1 is 1.08 bits per heavy atom. The molecular weight excluding hydrogens is 489 g/mol. The summed E-state index contributed by atoms with van der Waals surface area (Å²) in [5.41, 5.74) is 8.14. The number of carboxylic acid groups (broad SMARTS) is 1. The van der Waals surface area contributed by atoms with E-state index in [4.69, 9.17) is 5.11 Å². The molecule has 1 fully saturated rings. The Bertz CT molecular complexity index is 1550.